The van der Waals surface area contributed by atoms with Crippen molar-refractivity contribution in [3.63, 3.8) is 0 Å². The molecule has 1 aromatic heterocycles. The number of ether oxygens (including phenoxy) is 2. The Balaban J connectivity index is 1.85. The zero-order valence-electron chi connectivity index (χ0n) is 29.5. The van der Waals surface area contributed by atoms with Gasteiger partial charge in [-0.05, 0) is 44.4 Å². The Morgan fingerprint density at radius 3 is 1.98 bits per heavy atom. The van der Waals surface area contributed by atoms with Gasteiger partial charge in [-0.2, -0.15) is 9.97 Å². The van der Waals surface area contributed by atoms with Gasteiger partial charge in [0.05, 0.1) is 25.9 Å². The van der Waals surface area contributed by atoms with Gasteiger partial charge in [-0.3, -0.25) is 19.1 Å². The highest BCUT2D eigenvalue weighted by atomic mass is 31.2. The molecular formula is C31H55N8O8P. The van der Waals surface area contributed by atoms with Crippen LogP contribution in [0, 0.1) is 35.5 Å². The minimum Gasteiger partial charge on any atom is -0.465 e. The Labute approximate surface area is 283 Å². The number of aliphatic imine (C=N–C) groups is 1. The van der Waals surface area contributed by atoms with Crippen LogP contribution in [0.2, 0.25) is 0 Å². The van der Waals surface area contributed by atoms with Crippen LogP contribution in [0.15, 0.2) is 4.99 Å². The number of carbonyl (C=O) groups is 2. The highest BCUT2D eigenvalue weighted by molar-refractivity contribution is 7.54. The highest BCUT2D eigenvalue weighted by Crippen LogP contribution is 2.65. The SMILES string of the molecule is CCOC(=O)[C@H](CC(C)C)NP(=O)(N[C@@H](CC(C)C)C(=O)OCC)OCC1C(C)C2C(/C=N\c3c(N)nc(N)nc3N(C)C)C2(O)C1O. The largest absolute Gasteiger partial charge is 0.465 e. The first kappa shape index (κ1) is 39.6. The Morgan fingerprint density at radius 1 is 1.04 bits per heavy atom. The highest BCUT2D eigenvalue weighted by Gasteiger charge is 2.76. The molecule has 0 saturated heterocycles. The molecule has 8 atom stereocenters. The van der Waals surface area contributed by atoms with Crippen molar-refractivity contribution in [2.75, 3.05) is 50.3 Å². The molecular weight excluding hydrogens is 643 g/mol. The predicted octanol–water partition coefficient (Wildman–Crippen LogP) is 2.27. The van der Waals surface area contributed by atoms with E-state index in [1.54, 1.807) is 39.1 Å². The van der Waals surface area contributed by atoms with E-state index < -0.39 is 55.2 Å². The maximum Gasteiger partial charge on any atom is 0.342 e. The molecule has 48 heavy (non-hydrogen) atoms. The molecule has 2 saturated carbocycles. The summed E-state index contributed by atoms with van der Waals surface area (Å²) in [7, 11) is -0.672. The van der Waals surface area contributed by atoms with Gasteiger partial charge >= 0.3 is 19.6 Å². The summed E-state index contributed by atoms with van der Waals surface area (Å²) in [6, 6.07) is -2.02. The lowest BCUT2D eigenvalue weighted by molar-refractivity contribution is -0.146. The van der Waals surface area contributed by atoms with Crippen LogP contribution in [0.25, 0.3) is 0 Å². The number of esters is 2. The van der Waals surface area contributed by atoms with Crippen LogP contribution in [0.3, 0.4) is 0 Å². The molecule has 0 aliphatic heterocycles. The number of aliphatic hydroxyl groups is 2. The number of hydrogen-bond acceptors (Lipinski definition) is 14. The van der Waals surface area contributed by atoms with E-state index in [-0.39, 0.29) is 73.8 Å². The third-order valence-electron chi connectivity index (χ3n) is 8.82. The lowest BCUT2D eigenvalue weighted by atomic mass is 9.89. The van der Waals surface area contributed by atoms with Crippen molar-refractivity contribution in [3.05, 3.63) is 0 Å². The molecule has 1 aromatic rings. The van der Waals surface area contributed by atoms with Gasteiger partial charge in [0, 0.05) is 38.1 Å². The molecule has 0 bridgehead atoms. The summed E-state index contributed by atoms with van der Waals surface area (Å²) < 4.78 is 31.1. The summed E-state index contributed by atoms with van der Waals surface area (Å²) in [6.07, 6.45) is 0.849. The van der Waals surface area contributed by atoms with Gasteiger partial charge in [0.2, 0.25) is 5.95 Å². The maximum atomic E-state index is 14.6. The van der Waals surface area contributed by atoms with Crippen molar-refractivity contribution in [1.29, 1.82) is 0 Å². The molecule has 16 nitrogen and oxygen atoms in total. The monoisotopic (exact) mass is 698 g/mol. The molecule has 0 spiro atoms. The Kier molecular flexibility index (Phi) is 13.4. The third kappa shape index (κ3) is 9.01. The van der Waals surface area contributed by atoms with E-state index in [2.05, 4.69) is 25.1 Å². The van der Waals surface area contributed by atoms with Crippen LogP contribution in [0.4, 0.5) is 23.3 Å². The zero-order chi connectivity index (χ0) is 36.1. The van der Waals surface area contributed by atoms with E-state index in [0.29, 0.717) is 5.82 Å². The number of carbonyl (C=O) groups excluding carboxylic acids is 2. The smallest absolute Gasteiger partial charge is 0.342 e. The summed E-state index contributed by atoms with van der Waals surface area (Å²) in [5.41, 5.74) is 10.6. The van der Waals surface area contributed by atoms with Crippen LogP contribution in [0.5, 0.6) is 0 Å². The average molecular weight is 699 g/mol. The van der Waals surface area contributed by atoms with Crippen molar-refractivity contribution in [2.45, 2.75) is 85.1 Å². The second-order valence-corrected chi connectivity index (χ2v) is 15.6. The second-order valence-electron chi connectivity index (χ2n) is 13.7. The maximum absolute atomic E-state index is 14.6. The molecule has 2 fully saturated rings. The standard InChI is InChI=1S/C31H55N8O8P/c1-10-45-28(41)21(12-16(3)4)37-48(44,38-22(13-17(5)6)29(42)46-11-2)47-15-19-18(7)23-20(31(23,43)25(19)40)14-34-24-26(32)35-30(33)36-27(24)39(8)9/h14,16-23,25,40,43H,10-13,15H2,1-9H3,(H2,37,38,44)(H4,32,33,35,36)/b34-14-/t18?,19?,20?,21-,22-,23?,25?,31?/m0/s1. The first-order valence-electron chi connectivity index (χ1n) is 16.6. The normalized spacial score (nSPS) is 26.5. The van der Waals surface area contributed by atoms with Crippen LogP contribution >= 0.6 is 7.67 Å². The number of nitrogens with one attached hydrogen (secondary N) is 2. The van der Waals surface area contributed by atoms with Gasteiger partial charge in [0.15, 0.2) is 11.6 Å². The molecule has 2 aliphatic carbocycles. The van der Waals surface area contributed by atoms with Crippen molar-refractivity contribution < 1.29 is 38.4 Å². The quantitative estimate of drug-likeness (QED) is 0.0733. The van der Waals surface area contributed by atoms with E-state index in [0.717, 1.165) is 0 Å². The number of rotatable bonds is 18. The van der Waals surface area contributed by atoms with Crippen LogP contribution in [0.1, 0.15) is 61.3 Å². The number of nitrogens with two attached hydrogens (primary N) is 2. The molecule has 0 amide bonds. The average Bonchev–Trinajstić information content (AvgIpc) is 3.53. The first-order chi connectivity index (χ1) is 22.4. The molecule has 0 aromatic carbocycles. The molecule has 6 unspecified atom stereocenters. The summed E-state index contributed by atoms with van der Waals surface area (Å²) in [6.45, 7) is 12.8. The molecule has 3 rings (SSSR count). The first-order valence-corrected chi connectivity index (χ1v) is 18.2. The van der Waals surface area contributed by atoms with Crippen LogP contribution in [-0.4, -0.2) is 96.0 Å². The summed E-state index contributed by atoms with van der Waals surface area (Å²) in [5, 5.41) is 28.7. The zero-order valence-corrected chi connectivity index (χ0v) is 30.4. The molecule has 2 aliphatic rings. The molecule has 272 valence electrons. The van der Waals surface area contributed by atoms with Gasteiger partial charge in [0.1, 0.15) is 23.4 Å². The van der Waals surface area contributed by atoms with Gasteiger partial charge < -0.3 is 40.6 Å². The Bertz CT molecular complexity index is 1330. The lowest BCUT2D eigenvalue weighted by Crippen LogP contribution is -2.46. The van der Waals surface area contributed by atoms with E-state index >= 15 is 0 Å². The fourth-order valence-corrected chi connectivity index (χ4v) is 8.40. The minimum absolute atomic E-state index is 0.000731. The third-order valence-corrected chi connectivity index (χ3v) is 10.6. The molecule has 17 heteroatoms. The topological polar surface area (TPSA) is 237 Å². The van der Waals surface area contributed by atoms with Crippen LogP contribution in [-0.2, 0) is 28.2 Å². The van der Waals surface area contributed by atoms with E-state index in [4.69, 9.17) is 25.5 Å². The van der Waals surface area contributed by atoms with Crippen molar-refractivity contribution in [1.82, 2.24) is 20.1 Å². The fraction of sp³-hybridized carbons (Fsp3) is 0.774. The molecule has 1 heterocycles. The number of aliphatic hydroxyl groups excluding tert-OH is 1. The van der Waals surface area contributed by atoms with Crippen molar-refractivity contribution >= 4 is 49.1 Å². The minimum atomic E-state index is -4.19. The molecule has 8 N–H and O–H groups in total. The molecule has 0 radical (unpaired) electrons. The van der Waals surface area contributed by atoms with Crippen molar-refractivity contribution in [2.24, 2.45) is 40.5 Å². The van der Waals surface area contributed by atoms with Gasteiger partial charge in [-0.15, -0.1) is 0 Å². The van der Waals surface area contributed by atoms with Gasteiger partial charge in [0.25, 0.3) is 0 Å². The predicted molar refractivity (Wildman–Crippen MR) is 184 cm³/mol. The van der Waals surface area contributed by atoms with E-state index in [1.807, 2.05) is 34.6 Å². The Hall–Kier alpha value is -2.88. The number of fused-ring (bicyclic) bond motifs is 1. The van der Waals surface area contributed by atoms with Gasteiger partial charge in [-0.1, -0.05) is 34.6 Å². The van der Waals surface area contributed by atoms with E-state index in [9.17, 15) is 24.4 Å². The van der Waals surface area contributed by atoms with Gasteiger partial charge in [-0.25, -0.2) is 10.2 Å². The van der Waals surface area contributed by atoms with E-state index in [1.165, 1.54) is 0 Å². The number of aromatic nitrogens is 2. The summed E-state index contributed by atoms with van der Waals surface area (Å²) in [4.78, 5) is 40.2. The number of anilines is 3. The van der Waals surface area contributed by atoms with Crippen molar-refractivity contribution in [3.8, 4) is 0 Å². The lowest BCUT2D eigenvalue weighted by Gasteiger charge is -2.32. The Morgan fingerprint density at radius 2 is 1.56 bits per heavy atom. The number of nitrogen functional groups attached to an aromatic ring is 2. The second kappa shape index (κ2) is 16.2. The summed E-state index contributed by atoms with van der Waals surface area (Å²) >= 11 is 0. The fourth-order valence-electron chi connectivity index (χ4n) is 6.56. The number of hydrogen-bond donors (Lipinski definition) is 6. The number of nitrogens with zero attached hydrogens (tertiary/aromatic N) is 4. The van der Waals surface area contributed by atoms with Crippen LogP contribution < -0.4 is 26.5 Å². The summed E-state index contributed by atoms with van der Waals surface area (Å²) in [5.74, 6) is -2.50.